The Labute approximate surface area is 160 Å². The fourth-order valence-corrected chi connectivity index (χ4v) is 2.84. The molecule has 0 saturated carbocycles. The summed E-state index contributed by atoms with van der Waals surface area (Å²) in [6, 6.07) is 25.6. The molecule has 140 valence electrons. The Kier molecular flexibility index (Phi) is 6.85. The van der Waals surface area contributed by atoms with Crippen molar-refractivity contribution in [3.8, 4) is 11.5 Å². The number of benzene rings is 3. The maximum atomic E-state index is 10.4. The summed E-state index contributed by atoms with van der Waals surface area (Å²) in [6.45, 7) is 1.59. The third kappa shape index (κ3) is 5.58. The molecule has 0 aliphatic heterocycles. The van der Waals surface area contributed by atoms with Crippen molar-refractivity contribution in [2.24, 2.45) is 0 Å². The molecule has 0 aromatic heterocycles. The molecule has 0 saturated heterocycles. The van der Waals surface area contributed by atoms with Gasteiger partial charge in [-0.3, -0.25) is 0 Å². The molecule has 0 spiro atoms. The fourth-order valence-electron chi connectivity index (χ4n) is 2.84. The molecule has 1 atom stereocenters. The van der Waals surface area contributed by atoms with Crippen molar-refractivity contribution in [1.29, 1.82) is 0 Å². The molecule has 4 nitrogen and oxygen atoms in total. The Morgan fingerprint density at radius 3 is 2.52 bits per heavy atom. The first-order valence-electron chi connectivity index (χ1n) is 9.03. The van der Waals surface area contributed by atoms with E-state index in [0.29, 0.717) is 19.7 Å². The third-order valence-electron chi connectivity index (χ3n) is 4.34. The molecule has 3 rings (SSSR count). The topological polar surface area (TPSA) is 50.7 Å². The number of methoxy groups -OCH3 is 1. The Morgan fingerprint density at radius 1 is 0.926 bits per heavy atom. The Bertz CT molecular complexity index is 836. The number of aliphatic hydroxyl groups is 1. The van der Waals surface area contributed by atoms with Gasteiger partial charge in [0.2, 0.25) is 0 Å². The van der Waals surface area contributed by atoms with Gasteiger partial charge in [0.1, 0.15) is 18.1 Å². The second-order valence-electron chi connectivity index (χ2n) is 6.31. The van der Waals surface area contributed by atoms with Crippen LogP contribution in [0.5, 0.6) is 11.5 Å². The van der Waals surface area contributed by atoms with E-state index in [4.69, 9.17) is 9.47 Å². The maximum Gasteiger partial charge on any atom is 0.124 e. The lowest BCUT2D eigenvalue weighted by Gasteiger charge is -2.15. The van der Waals surface area contributed by atoms with Crippen molar-refractivity contribution in [3.63, 3.8) is 0 Å². The first-order valence-corrected chi connectivity index (χ1v) is 9.03. The molecule has 3 aromatic rings. The smallest absolute Gasteiger partial charge is 0.124 e. The molecule has 1 unspecified atom stereocenters. The maximum absolute atomic E-state index is 10.4. The first kappa shape index (κ1) is 19.0. The Balaban J connectivity index is 1.54. The van der Waals surface area contributed by atoms with Gasteiger partial charge in [-0.1, -0.05) is 60.7 Å². The van der Waals surface area contributed by atoms with Crippen molar-refractivity contribution >= 4 is 0 Å². The minimum absolute atomic E-state index is 0.445. The normalized spacial score (nSPS) is 11.8. The van der Waals surface area contributed by atoms with Gasteiger partial charge in [-0.2, -0.15) is 0 Å². The molecule has 0 radical (unpaired) electrons. The third-order valence-corrected chi connectivity index (χ3v) is 4.34. The average molecular weight is 363 g/mol. The molecule has 0 aliphatic carbocycles. The summed E-state index contributed by atoms with van der Waals surface area (Å²) in [5.74, 6) is 1.59. The predicted molar refractivity (Wildman–Crippen MR) is 107 cm³/mol. The summed E-state index contributed by atoms with van der Waals surface area (Å²) in [5, 5.41) is 13.7. The molecular formula is C23H25NO3. The lowest BCUT2D eigenvalue weighted by atomic mass is 10.1. The van der Waals surface area contributed by atoms with Crippen LogP contribution in [0, 0.1) is 0 Å². The second-order valence-corrected chi connectivity index (χ2v) is 6.31. The van der Waals surface area contributed by atoms with E-state index >= 15 is 0 Å². The highest BCUT2D eigenvalue weighted by molar-refractivity contribution is 5.34. The van der Waals surface area contributed by atoms with Crippen molar-refractivity contribution in [2.75, 3.05) is 13.7 Å². The minimum Gasteiger partial charge on any atom is -0.497 e. The number of rotatable bonds is 9. The Hall–Kier alpha value is -2.82. The summed E-state index contributed by atoms with van der Waals surface area (Å²) < 4.78 is 11.2. The average Bonchev–Trinajstić information content (AvgIpc) is 2.73. The van der Waals surface area contributed by atoms with Gasteiger partial charge < -0.3 is 19.9 Å². The van der Waals surface area contributed by atoms with E-state index in [1.165, 1.54) is 0 Å². The largest absolute Gasteiger partial charge is 0.497 e. The second kappa shape index (κ2) is 9.76. The van der Waals surface area contributed by atoms with E-state index in [1.807, 2.05) is 78.9 Å². The van der Waals surface area contributed by atoms with Crippen LogP contribution < -0.4 is 14.8 Å². The summed E-state index contributed by atoms with van der Waals surface area (Å²) in [7, 11) is 1.62. The predicted octanol–water partition coefficient (Wildman–Crippen LogP) is 4.10. The van der Waals surface area contributed by atoms with Crippen molar-refractivity contribution < 1.29 is 14.6 Å². The van der Waals surface area contributed by atoms with Crippen LogP contribution in [-0.4, -0.2) is 18.8 Å². The summed E-state index contributed by atoms with van der Waals surface area (Å²) in [5.41, 5.74) is 3.02. The number of aliphatic hydroxyl groups excluding tert-OH is 1. The van der Waals surface area contributed by atoms with E-state index in [1.54, 1.807) is 7.11 Å². The zero-order valence-corrected chi connectivity index (χ0v) is 15.5. The lowest BCUT2D eigenvalue weighted by molar-refractivity contribution is 0.173. The number of nitrogens with one attached hydrogen (secondary N) is 1. The van der Waals surface area contributed by atoms with Gasteiger partial charge in [0.15, 0.2) is 0 Å². The van der Waals surface area contributed by atoms with Crippen molar-refractivity contribution in [2.45, 2.75) is 19.3 Å². The van der Waals surface area contributed by atoms with Crippen molar-refractivity contribution in [3.05, 3.63) is 95.6 Å². The molecule has 0 bridgehead atoms. The molecule has 0 fully saturated rings. The molecule has 27 heavy (non-hydrogen) atoms. The minimum atomic E-state index is -0.600. The molecule has 0 amide bonds. The van der Waals surface area contributed by atoms with Gasteiger partial charge in [0.25, 0.3) is 0 Å². The van der Waals surface area contributed by atoms with Crippen LogP contribution >= 0.6 is 0 Å². The van der Waals surface area contributed by atoms with Crippen LogP contribution in [0.2, 0.25) is 0 Å². The molecular weight excluding hydrogens is 338 g/mol. The lowest BCUT2D eigenvalue weighted by Crippen LogP contribution is -2.21. The quantitative estimate of drug-likeness (QED) is 0.601. The van der Waals surface area contributed by atoms with Gasteiger partial charge >= 0.3 is 0 Å². The van der Waals surface area contributed by atoms with Crippen LogP contribution in [0.4, 0.5) is 0 Å². The zero-order chi connectivity index (χ0) is 18.9. The molecule has 4 heteroatoms. The fraction of sp³-hybridized carbons (Fsp3) is 0.217. The van der Waals surface area contributed by atoms with Crippen LogP contribution in [-0.2, 0) is 13.2 Å². The van der Waals surface area contributed by atoms with Crippen molar-refractivity contribution in [1.82, 2.24) is 5.32 Å². The van der Waals surface area contributed by atoms with Gasteiger partial charge in [-0.15, -0.1) is 0 Å². The highest BCUT2D eigenvalue weighted by atomic mass is 16.5. The van der Waals surface area contributed by atoms with E-state index in [0.717, 1.165) is 28.2 Å². The van der Waals surface area contributed by atoms with Crippen LogP contribution in [0.1, 0.15) is 22.8 Å². The molecule has 2 N–H and O–H groups in total. The highest BCUT2D eigenvalue weighted by Crippen LogP contribution is 2.21. The SMILES string of the molecule is COc1cccc(C(O)CNCc2ccccc2OCc2ccccc2)c1. The number of hydrogen-bond donors (Lipinski definition) is 2. The summed E-state index contributed by atoms with van der Waals surface area (Å²) in [4.78, 5) is 0. The monoisotopic (exact) mass is 363 g/mol. The van der Waals surface area contributed by atoms with E-state index in [-0.39, 0.29) is 0 Å². The van der Waals surface area contributed by atoms with E-state index < -0.39 is 6.10 Å². The van der Waals surface area contributed by atoms with Crippen LogP contribution in [0.3, 0.4) is 0 Å². The van der Waals surface area contributed by atoms with Gasteiger partial charge in [0.05, 0.1) is 13.2 Å². The van der Waals surface area contributed by atoms with E-state index in [9.17, 15) is 5.11 Å². The number of ether oxygens (including phenoxy) is 2. The highest BCUT2D eigenvalue weighted by Gasteiger charge is 2.09. The van der Waals surface area contributed by atoms with Gasteiger partial charge in [-0.05, 0) is 29.3 Å². The number of hydrogen-bond acceptors (Lipinski definition) is 4. The van der Waals surface area contributed by atoms with Crippen LogP contribution in [0.25, 0.3) is 0 Å². The van der Waals surface area contributed by atoms with E-state index in [2.05, 4.69) is 5.32 Å². The zero-order valence-electron chi connectivity index (χ0n) is 15.5. The molecule has 0 heterocycles. The van der Waals surface area contributed by atoms with Gasteiger partial charge in [0, 0.05) is 18.7 Å². The molecule has 3 aromatic carbocycles. The van der Waals surface area contributed by atoms with Crippen LogP contribution in [0.15, 0.2) is 78.9 Å². The standard InChI is InChI=1S/C23H25NO3/c1-26-21-12-7-11-19(14-21)22(25)16-24-15-20-10-5-6-13-23(20)27-17-18-8-3-2-4-9-18/h2-14,22,24-25H,15-17H2,1H3. The van der Waals surface area contributed by atoms with Gasteiger partial charge in [-0.25, -0.2) is 0 Å². The Morgan fingerprint density at radius 2 is 1.70 bits per heavy atom. The molecule has 0 aliphatic rings. The summed E-state index contributed by atoms with van der Waals surface area (Å²) >= 11 is 0. The summed E-state index contributed by atoms with van der Waals surface area (Å²) in [6.07, 6.45) is -0.600. The number of para-hydroxylation sites is 1. The first-order chi connectivity index (χ1) is 13.3.